The lowest BCUT2D eigenvalue weighted by Gasteiger charge is -2.46. The van der Waals surface area contributed by atoms with Crippen LogP contribution in [0.1, 0.15) is 30.7 Å². The molecule has 0 aliphatic carbocycles. The fourth-order valence-corrected chi connectivity index (χ4v) is 5.56. The highest BCUT2D eigenvalue weighted by molar-refractivity contribution is 5.66. The van der Waals surface area contributed by atoms with Crippen LogP contribution in [0.2, 0.25) is 0 Å². The Morgan fingerprint density at radius 3 is 2.61 bits per heavy atom. The Morgan fingerprint density at radius 1 is 1.03 bits per heavy atom. The fourth-order valence-electron chi connectivity index (χ4n) is 5.56. The summed E-state index contributed by atoms with van der Waals surface area (Å²) in [5, 5.41) is 0. The number of piperidine rings is 1. The third kappa shape index (κ3) is 3.51. The minimum atomic E-state index is -0.0180. The maximum Gasteiger partial charge on any atom is 0.297 e. The number of hydrogen-bond acceptors (Lipinski definition) is 7. The van der Waals surface area contributed by atoms with E-state index < -0.39 is 0 Å². The van der Waals surface area contributed by atoms with E-state index >= 15 is 0 Å². The van der Waals surface area contributed by atoms with Gasteiger partial charge in [-0.15, -0.1) is 0 Å². The van der Waals surface area contributed by atoms with Gasteiger partial charge in [0.05, 0.1) is 25.9 Å². The van der Waals surface area contributed by atoms with E-state index in [2.05, 4.69) is 49.0 Å². The monoisotopic (exact) mass is 417 g/mol. The first kappa shape index (κ1) is 19.0. The molecule has 1 aromatic carbocycles. The molecule has 5 heterocycles. The first-order valence-corrected chi connectivity index (χ1v) is 11.2. The second-order valence-electron chi connectivity index (χ2n) is 9.05. The van der Waals surface area contributed by atoms with Gasteiger partial charge in [0.15, 0.2) is 0 Å². The smallest absolute Gasteiger partial charge is 0.297 e. The van der Waals surface area contributed by atoms with Crippen LogP contribution < -0.4 is 4.90 Å². The number of benzene rings is 1. The molecule has 7 nitrogen and oxygen atoms in total. The highest BCUT2D eigenvalue weighted by atomic mass is 16.5. The Morgan fingerprint density at radius 2 is 1.84 bits per heavy atom. The quantitative estimate of drug-likeness (QED) is 0.645. The molecule has 2 aromatic heterocycles. The number of likely N-dealkylation sites (tertiary alicyclic amines) is 1. The van der Waals surface area contributed by atoms with Crippen LogP contribution in [0.3, 0.4) is 0 Å². The Hall–Kier alpha value is -2.77. The standard InChI is InChI=1S/C24H27N5O2/c1-2-4-22(19-12-25-17-26-13-19)21(3-1)18-5-8-28(9-6-18)20-11-24(31-14-20)15-29(16-24)23-27-7-10-30-23/h1-4,7,10,12-13,17-18,20H,5-6,8-9,11,14-16H2/t20-/m0/s1. The van der Waals surface area contributed by atoms with Crippen molar-refractivity contribution in [2.75, 3.05) is 37.7 Å². The van der Waals surface area contributed by atoms with Crippen LogP contribution >= 0.6 is 0 Å². The zero-order valence-corrected chi connectivity index (χ0v) is 17.6. The molecule has 0 unspecified atom stereocenters. The number of ether oxygens (including phenoxy) is 1. The second kappa shape index (κ2) is 7.73. The zero-order chi connectivity index (χ0) is 20.7. The molecule has 3 fully saturated rings. The molecule has 31 heavy (non-hydrogen) atoms. The van der Waals surface area contributed by atoms with Crippen LogP contribution in [0.25, 0.3) is 11.1 Å². The molecular formula is C24H27N5O2. The van der Waals surface area contributed by atoms with Gasteiger partial charge in [0.1, 0.15) is 18.2 Å². The first-order valence-electron chi connectivity index (χ1n) is 11.2. The molecule has 0 bridgehead atoms. The highest BCUT2D eigenvalue weighted by Gasteiger charge is 2.52. The molecule has 3 aliphatic heterocycles. The summed E-state index contributed by atoms with van der Waals surface area (Å²) >= 11 is 0. The van der Waals surface area contributed by atoms with Crippen LogP contribution in [0.4, 0.5) is 6.01 Å². The highest BCUT2D eigenvalue weighted by Crippen LogP contribution is 2.41. The van der Waals surface area contributed by atoms with Gasteiger partial charge in [0, 0.05) is 24.0 Å². The summed E-state index contributed by atoms with van der Waals surface area (Å²) in [5.41, 5.74) is 3.78. The molecule has 1 spiro atoms. The van der Waals surface area contributed by atoms with Gasteiger partial charge in [0.25, 0.3) is 6.01 Å². The lowest BCUT2D eigenvalue weighted by molar-refractivity contribution is -0.0215. The van der Waals surface area contributed by atoms with Gasteiger partial charge >= 0.3 is 0 Å². The summed E-state index contributed by atoms with van der Waals surface area (Å²) in [6.45, 7) is 4.84. The van der Waals surface area contributed by atoms with Crippen LogP contribution in [-0.4, -0.2) is 64.3 Å². The molecule has 0 amide bonds. The number of anilines is 1. The number of hydrogen-bond donors (Lipinski definition) is 0. The molecule has 3 aliphatic rings. The van der Waals surface area contributed by atoms with Crippen molar-refractivity contribution in [3.63, 3.8) is 0 Å². The number of aromatic nitrogens is 3. The molecule has 0 saturated carbocycles. The van der Waals surface area contributed by atoms with E-state index in [1.807, 2.05) is 12.4 Å². The summed E-state index contributed by atoms with van der Waals surface area (Å²) in [4.78, 5) is 17.5. The van der Waals surface area contributed by atoms with Crippen molar-refractivity contribution in [1.29, 1.82) is 0 Å². The van der Waals surface area contributed by atoms with E-state index in [1.54, 1.807) is 18.8 Å². The molecule has 1 atom stereocenters. The normalized spacial score (nSPS) is 23.9. The largest absolute Gasteiger partial charge is 0.432 e. The average molecular weight is 418 g/mol. The summed E-state index contributed by atoms with van der Waals surface area (Å²) in [5.74, 6) is 0.577. The Balaban J connectivity index is 1.08. The molecule has 7 heteroatoms. The van der Waals surface area contributed by atoms with Gasteiger partial charge < -0.3 is 14.1 Å². The predicted octanol–water partition coefficient (Wildman–Crippen LogP) is 3.36. The van der Waals surface area contributed by atoms with Crippen molar-refractivity contribution >= 4 is 6.01 Å². The van der Waals surface area contributed by atoms with Crippen molar-refractivity contribution < 1.29 is 9.15 Å². The number of nitrogens with zero attached hydrogens (tertiary/aromatic N) is 5. The van der Waals surface area contributed by atoms with Gasteiger partial charge in [-0.2, -0.15) is 0 Å². The van der Waals surface area contributed by atoms with E-state index in [4.69, 9.17) is 9.15 Å². The minimum Gasteiger partial charge on any atom is -0.432 e. The Labute approximate surface area is 182 Å². The molecule has 0 N–H and O–H groups in total. The van der Waals surface area contributed by atoms with E-state index in [0.717, 1.165) is 44.8 Å². The summed E-state index contributed by atoms with van der Waals surface area (Å²) in [6.07, 6.45) is 12.2. The minimum absolute atomic E-state index is 0.0180. The SMILES string of the molecule is c1ccc(C2CCN([C@@H]3COC4(C3)CN(c3ncco3)C4)CC2)c(-c2cncnc2)c1. The Bertz CT molecular complexity index is 1010. The topological polar surface area (TPSA) is 67.5 Å². The lowest BCUT2D eigenvalue weighted by Crippen LogP contribution is -2.62. The predicted molar refractivity (Wildman–Crippen MR) is 117 cm³/mol. The molecular weight excluding hydrogens is 390 g/mol. The lowest BCUT2D eigenvalue weighted by atomic mass is 9.84. The summed E-state index contributed by atoms with van der Waals surface area (Å²) in [7, 11) is 0. The van der Waals surface area contributed by atoms with Crippen molar-refractivity contribution in [3.8, 4) is 11.1 Å². The zero-order valence-electron chi connectivity index (χ0n) is 17.6. The average Bonchev–Trinajstić information content (AvgIpc) is 3.49. The maximum atomic E-state index is 6.29. The molecule has 160 valence electrons. The molecule has 0 radical (unpaired) electrons. The third-order valence-corrected chi connectivity index (χ3v) is 7.16. The molecule has 3 saturated heterocycles. The maximum absolute atomic E-state index is 6.29. The van der Waals surface area contributed by atoms with Gasteiger partial charge in [-0.25, -0.2) is 15.0 Å². The number of oxazole rings is 1. The summed E-state index contributed by atoms with van der Waals surface area (Å²) in [6, 6.07) is 9.97. The van der Waals surface area contributed by atoms with Crippen molar-refractivity contribution in [1.82, 2.24) is 19.9 Å². The number of rotatable bonds is 4. The van der Waals surface area contributed by atoms with Gasteiger partial charge in [-0.1, -0.05) is 24.3 Å². The van der Waals surface area contributed by atoms with Crippen LogP contribution in [-0.2, 0) is 4.74 Å². The fraction of sp³-hybridized carbons (Fsp3) is 0.458. The van der Waals surface area contributed by atoms with Gasteiger partial charge in [-0.3, -0.25) is 4.90 Å². The van der Waals surface area contributed by atoms with Gasteiger partial charge in [-0.05, 0) is 49.4 Å². The third-order valence-electron chi connectivity index (χ3n) is 7.16. The van der Waals surface area contributed by atoms with E-state index in [9.17, 15) is 0 Å². The van der Waals surface area contributed by atoms with Crippen molar-refractivity contribution in [2.45, 2.75) is 36.8 Å². The second-order valence-corrected chi connectivity index (χ2v) is 9.05. The van der Waals surface area contributed by atoms with Crippen molar-refractivity contribution in [3.05, 3.63) is 61.0 Å². The van der Waals surface area contributed by atoms with E-state index in [0.29, 0.717) is 18.0 Å². The van der Waals surface area contributed by atoms with Crippen molar-refractivity contribution in [2.24, 2.45) is 0 Å². The molecule has 6 rings (SSSR count). The van der Waals surface area contributed by atoms with E-state index in [1.165, 1.54) is 24.0 Å². The first-order chi connectivity index (χ1) is 15.3. The van der Waals surface area contributed by atoms with Crippen LogP contribution in [0.5, 0.6) is 0 Å². The van der Waals surface area contributed by atoms with E-state index in [-0.39, 0.29) is 5.60 Å². The Kier molecular flexibility index (Phi) is 4.73. The van der Waals surface area contributed by atoms with Crippen LogP contribution in [0, 0.1) is 0 Å². The van der Waals surface area contributed by atoms with Gasteiger partial charge in [0.2, 0.25) is 0 Å². The summed E-state index contributed by atoms with van der Waals surface area (Å²) < 4.78 is 11.7. The van der Waals surface area contributed by atoms with Crippen LogP contribution in [0.15, 0.2) is 59.9 Å². The molecule has 3 aromatic rings.